The highest BCUT2D eigenvalue weighted by molar-refractivity contribution is 5.72. The molecular weight excluding hydrogens is 368 g/mol. The molecule has 0 aromatic heterocycles. The number of aliphatic hydroxyl groups is 1. The molecule has 7 atom stereocenters. The van der Waals surface area contributed by atoms with Gasteiger partial charge in [0.1, 0.15) is 11.7 Å². The van der Waals surface area contributed by atoms with Crippen molar-refractivity contribution in [2.45, 2.75) is 110 Å². The van der Waals surface area contributed by atoms with Crippen LogP contribution in [0.3, 0.4) is 0 Å². The van der Waals surface area contributed by atoms with Crippen LogP contribution < -0.4 is 0 Å². The Morgan fingerprint density at radius 2 is 1.90 bits per heavy atom. The zero-order valence-corrected chi connectivity index (χ0v) is 18.7. The van der Waals surface area contributed by atoms with Crippen molar-refractivity contribution in [1.29, 1.82) is 0 Å². The van der Waals surface area contributed by atoms with Gasteiger partial charge in [-0.3, -0.25) is 9.59 Å². The van der Waals surface area contributed by atoms with Crippen LogP contribution in [0.5, 0.6) is 0 Å². The van der Waals surface area contributed by atoms with Crippen molar-refractivity contribution >= 4 is 11.9 Å². The first-order valence-electron chi connectivity index (χ1n) is 11.8. The van der Waals surface area contributed by atoms with Gasteiger partial charge in [-0.25, -0.2) is 0 Å². The van der Waals surface area contributed by atoms with Gasteiger partial charge in [0.15, 0.2) is 0 Å². The number of carbonyl (C=O) groups is 2. The van der Waals surface area contributed by atoms with E-state index in [2.05, 4.69) is 0 Å². The predicted molar refractivity (Wildman–Crippen MR) is 111 cm³/mol. The summed E-state index contributed by atoms with van der Waals surface area (Å²) >= 11 is 0. The minimum absolute atomic E-state index is 0.0625. The third-order valence-electron chi connectivity index (χ3n) is 7.86. The Labute approximate surface area is 175 Å². The summed E-state index contributed by atoms with van der Waals surface area (Å²) in [6, 6.07) is 0. The van der Waals surface area contributed by atoms with Gasteiger partial charge in [-0.1, -0.05) is 46.0 Å². The average molecular weight is 409 g/mol. The van der Waals surface area contributed by atoms with Crippen LogP contribution in [0.4, 0.5) is 0 Å². The van der Waals surface area contributed by atoms with Gasteiger partial charge in [0, 0.05) is 12.3 Å². The smallest absolute Gasteiger partial charge is 0.309 e. The number of ether oxygens (including phenoxy) is 2. The third kappa shape index (κ3) is 5.15. The zero-order valence-electron chi connectivity index (χ0n) is 18.7. The van der Waals surface area contributed by atoms with Gasteiger partial charge in [0.25, 0.3) is 0 Å². The zero-order chi connectivity index (χ0) is 21.2. The van der Waals surface area contributed by atoms with E-state index in [-0.39, 0.29) is 30.2 Å². The summed E-state index contributed by atoms with van der Waals surface area (Å²) in [5, 5.41) is 10.3. The van der Waals surface area contributed by atoms with E-state index in [0.717, 1.165) is 18.8 Å². The van der Waals surface area contributed by atoms with Gasteiger partial charge >= 0.3 is 11.9 Å². The van der Waals surface area contributed by atoms with Gasteiger partial charge in [-0.2, -0.15) is 0 Å². The molecule has 0 radical (unpaired) electrons. The highest BCUT2D eigenvalue weighted by Crippen LogP contribution is 2.51. The Kier molecular flexibility index (Phi) is 7.29. The van der Waals surface area contributed by atoms with E-state index in [4.69, 9.17) is 9.47 Å². The Morgan fingerprint density at radius 3 is 2.59 bits per heavy atom. The number of fused-ring (bicyclic) bond motifs is 1. The first-order chi connectivity index (χ1) is 13.7. The van der Waals surface area contributed by atoms with Gasteiger partial charge in [-0.05, 0) is 50.9 Å². The number of hydrogen-bond acceptors (Lipinski definition) is 5. The van der Waals surface area contributed by atoms with Crippen LogP contribution in [0.15, 0.2) is 0 Å². The number of hydrogen-bond donors (Lipinski definition) is 1. The molecule has 29 heavy (non-hydrogen) atoms. The number of aliphatic hydroxyl groups excluding tert-OH is 1. The standard InChI is InChI=1S/C24H40O5/c1-5-15(2)23(27)29-24(3,4)22(20-13-17(25)14-21(26)28-20)19-12-8-10-16-9-6-7-11-18(16)19/h15-20,22,25H,5-14H2,1-4H3/t15-,16?,17+,18?,19?,20+,22?/m0/s1. The highest BCUT2D eigenvalue weighted by atomic mass is 16.6. The van der Waals surface area contributed by atoms with Crippen LogP contribution in [0.1, 0.15) is 91.9 Å². The SMILES string of the molecule is CC[C@H](C)C(=O)OC(C)(C)C(C1CCCC2CCCCC21)[C@H]1C[C@@H](O)CC(=O)O1. The Hall–Kier alpha value is -1.10. The fourth-order valence-corrected chi connectivity index (χ4v) is 6.30. The van der Waals surface area contributed by atoms with E-state index in [1.54, 1.807) is 0 Å². The van der Waals surface area contributed by atoms with E-state index in [9.17, 15) is 14.7 Å². The Bertz CT molecular complexity index is 584. The second-order valence-electron chi connectivity index (χ2n) is 10.3. The van der Waals surface area contributed by atoms with Crippen LogP contribution in [0.25, 0.3) is 0 Å². The first-order valence-corrected chi connectivity index (χ1v) is 11.8. The molecule has 1 saturated heterocycles. The topological polar surface area (TPSA) is 72.8 Å². The maximum atomic E-state index is 12.7. The van der Waals surface area contributed by atoms with Crippen molar-refractivity contribution in [1.82, 2.24) is 0 Å². The summed E-state index contributed by atoms with van der Waals surface area (Å²) in [6.45, 7) is 7.86. The number of carbonyl (C=O) groups excluding carboxylic acids is 2. The van der Waals surface area contributed by atoms with E-state index in [1.807, 2.05) is 27.7 Å². The first kappa shape index (κ1) is 22.6. The molecule has 2 aliphatic carbocycles. The molecule has 0 spiro atoms. The lowest BCUT2D eigenvalue weighted by atomic mass is 9.58. The quantitative estimate of drug-likeness (QED) is 0.648. The lowest BCUT2D eigenvalue weighted by molar-refractivity contribution is -0.195. The van der Waals surface area contributed by atoms with E-state index >= 15 is 0 Å². The largest absolute Gasteiger partial charge is 0.462 e. The highest BCUT2D eigenvalue weighted by Gasteiger charge is 2.51. The lowest BCUT2D eigenvalue weighted by Crippen LogP contribution is -2.54. The second kappa shape index (κ2) is 9.36. The molecule has 1 N–H and O–H groups in total. The van der Waals surface area contributed by atoms with Crippen molar-refractivity contribution in [3.05, 3.63) is 0 Å². The fourth-order valence-electron chi connectivity index (χ4n) is 6.30. The van der Waals surface area contributed by atoms with Crippen molar-refractivity contribution in [2.75, 3.05) is 0 Å². The third-order valence-corrected chi connectivity index (χ3v) is 7.86. The summed E-state index contributed by atoms with van der Waals surface area (Å²) in [7, 11) is 0. The van der Waals surface area contributed by atoms with Crippen LogP contribution >= 0.6 is 0 Å². The van der Waals surface area contributed by atoms with Crippen molar-refractivity contribution in [2.24, 2.45) is 29.6 Å². The fraction of sp³-hybridized carbons (Fsp3) is 0.917. The Morgan fingerprint density at radius 1 is 1.21 bits per heavy atom. The summed E-state index contributed by atoms with van der Waals surface area (Å²) < 4.78 is 11.9. The molecule has 5 nitrogen and oxygen atoms in total. The molecule has 1 heterocycles. The molecule has 0 aromatic carbocycles. The molecule has 3 fully saturated rings. The van der Waals surface area contributed by atoms with Crippen molar-refractivity contribution in [3.8, 4) is 0 Å². The number of esters is 2. The van der Waals surface area contributed by atoms with Gasteiger partial charge in [0.2, 0.25) is 0 Å². The molecule has 0 amide bonds. The Balaban J connectivity index is 1.90. The van der Waals surface area contributed by atoms with E-state index in [1.165, 1.54) is 38.5 Å². The number of cyclic esters (lactones) is 1. The molecule has 3 rings (SSSR count). The van der Waals surface area contributed by atoms with E-state index < -0.39 is 17.8 Å². The summed E-state index contributed by atoms with van der Waals surface area (Å²) in [4.78, 5) is 24.9. The maximum absolute atomic E-state index is 12.7. The molecule has 166 valence electrons. The molecule has 5 heteroatoms. The predicted octanol–water partition coefficient (Wildman–Crippen LogP) is 4.64. The molecule has 0 aromatic rings. The minimum Gasteiger partial charge on any atom is -0.462 e. The average Bonchev–Trinajstić information content (AvgIpc) is 2.66. The molecular formula is C24H40O5. The minimum atomic E-state index is -0.744. The summed E-state index contributed by atoms with van der Waals surface area (Å²) in [5.74, 6) is 0.942. The normalized spacial score (nSPS) is 35.2. The van der Waals surface area contributed by atoms with Crippen molar-refractivity contribution in [3.63, 3.8) is 0 Å². The molecule has 0 bridgehead atoms. The van der Waals surface area contributed by atoms with Crippen LogP contribution in [0.2, 0.25) is 0 Å². The molecule has 4 unspecified atom stereocenters. The van der Waals surface area contributed by atoms with Gasteiger partial charge < -0.3 is 14.6 Å². The lowest BCUT2D eigenvalue weighted by Gasteiger charge is -2.51. The summed E-state index contributed by atoms with van der Waals surface area (Å²) in [5.41, 5.74) is -0.744. The van der Waals surface area contributed by atoms with Gasteiger partial charge in [-0.15, -0.1) is 0 Å². The molecule has 3 aliphatic rings. The van der Waals surface area contributed by atoms with Crippen LogP contribution in [-0.4, -0.2) is 34.9 Å². The molecule has 2 saturated carbocycles. The van der Waals surface area contributed by atoms with Crippen molar-refractivity contribution < 1.29 is 24.2 Å². The maximum Gasteiger partial charge on any atom is 0.309 e. The van der Waals surface area contributed by atoms with Crippen LogP contribution in [0, 0.1) is 29.6 Å². The number of rotatable bonds is 6. The second-order valence-corrected chi connectivity index (χ2v) is 10.3. The van der Waals surface area contributed by atoms with E-state index in [0.29, 0.717) is 18.3 Å². The summed E-state index contributed by atoms with van der Waals surface area (Å²) in [6.07, 6.45) is 8.79. The van der Waals surface area contributed by atoms with Crippen LogP contribution in [-0.2, 0) is 19.1 Å². The molecule has 1 aliphatic heterocycles. The van der Waals surface area contributed by atoms with Gasteiger partial charge in [0.05, 0.1) is 18.4 Å². The monoisotopic (exact) mass is 408 g/mol.